The van der Waals surface area contributed by atoms with Gasteiger partial charge in [0, 0.05) is 19.4 Å². The maximum atomic E-state index is 14.7. The second-order valence-corrected chi connectivity index (χ2v) is 7.61. The van der Waals surface area contributed by atoms with E-state index in [-0.39, 0.29) is 18.4 Å². The number of aliphatic hydroxyl groups is 1. The van der Waals surface area contributed by atoms with Gasteiger partial charge in [-0.15, -0.1) is 0 Å². The van der Waals surface area contributed by atoms with Crippen LogP contribution in [-0.2, 0) is 9.59 Å². The molecule has 0 aromatic heterocycles. The minimum absolute atomic E-state index is 0.0692. The SMILES string of the molecule is C[C@@](O)(C=C[C@H]1CCC(=O)N1CCCCCCC(=O)O)C(F)c1ccccc1. The first-order chi connectivity index (χ1) is 13.3. The number of carboxylic acids is 1. The number of halogens is 1. The number of carbonyl (C=O) groups is 2. The molecule has 1 aromatic carbocycles. The zero-order valence-electron chi connectivity index (χ0n) is 16.4. The predicted octanol–water partition coefficient (Wildman–Crippen LogP) is 4.03. The number of amides is 1. The van der Waals surface area contributed by atoms with Crippen LogP contribution in [0.1, 0.15) is 63.6 Å². The summed E-state index contributed by atoms with van der Waals surface area (Å²) in [5.41, 5.74) is -1.24. The van der Waals surface area contributed by atoms with Gasteiger partial charge in [0.05, 0.1) is 6.04 Å². The molecule has 3 atom stereocenters. The van der Waals surface area contributed by atoms with Gasteiger partial charge in [-0.2, -0.15) is 0 Å². The molecule has 1 saturated heterocycles. The average Bonchev–Trinajstić information content (AvgIpc) is 3.02. The van der Waals surface area contributed by atoms with Crippen molar-refractivity contribution in [2.75, 3.05) is 6.54 Å². The molecule has 154 valence electrons. The Morgan fingerprint density at radius 3 is 2.64 bits per heavy atom. The highest BCUT2D eigenvalue weighted by atomic mass is 19.1. The minimum Gasteiger partial charge on any atom is -0.481 e. The predicted molar refractivity (Wildman–Crippen MR) is 106 cm³/mol. The molecule has 1 heterocycles. The number of unbranched alkanes of at least 4 members (excludes halogenated alkanes) is 3. The van der Waals surface area contributed by atoms with Crippen LogP contribution in [0.2, 0.25) is 0 Å². The summed E-state index contributed by atoms with van der Waals surface area (Å²) in [6.07, 6.45) is 6.09. The molecule has 1 fully saturated rings. The zero-order valence-corrected chi connectivity index (χ0v) is 16.4. The first-order valence-corrected chi connectivity index (χ1v) is 9.93. The lowest BCUT2D eigenvalue weighted by Gasteiger charge is -2.27. The molecule has 1 aliphatic heterocycles. The van der Waals surface area contributed by atoms with Gasteiger partial charge in [-0.3, -0.25) is 9.59 Å². The van der Waals surface area contributed by atoms with E-state index < -0.39 is 17.7 Å². The maximum absolute atomic E-state index is 14.7. The van der Waals surface area contributed by atoms with Crippen LogP contribution in [-0.4, -0.2) is 45.2 Å². The Labute approximate surface area is 165 Å². The van der Waals surface area contributed by atoms with Gasteiger partial charge in [-0.25, -0.2) is 4.39 Å². The van der Waals surface area contributed by atoms with Crippen LogP contribution in [0.4, 0.5) is 4.39 Å². The van der Waals surface area contributed by atoms with Crippen molar-refractivity contribution in [3.8, 4) is 0 Å². The molecular weight excluding hydrogens is 361 g/mol. The van der Waals surface area contributed by atoms with E-state index in [2.05, 4.69) is 0 Å². The van der Waals surface area contributed by atoms with Crippen molar-refractivity contribution in [1.29, 1.82) is 0 Å². The third kappa shape index (κ3) is 6.44. The van der Waals surface area contributed by atoms with Crippen LogP contribution in [0.3, 0.4) is 0 Å². The topological polar surface area (TPSA) is 77.8 Å². The smallest absolute Gasteiger partial charge is 0.303 e. The van der Waals surface area contributed by atoms with Crippen LogP contribution >= 0.6 is 0 Å². The normalized spacial score (nSPS) is 20.5. The molecule has 2 rings (SSSR count). The quantitative estimate of drug-likeness (QED) is 0.441. The number of alkyl halides is 1. The lowest BCUT2D eigenvalue weighted by atomic mass is 9.93. The summed E-state index contributed by atoms with van der Waals surface area (Å²) in [4.78, 5) is 24.4. The average molecular weight is 391 g/mol. The first-order valence-electron chi connectivity index (χ1n) is 9.93. The number of aliphatic carboxylic acids is 1. The number of carbonyl (C=O) groups excluding carboxylic acids is 1. The van der Waals surface area contributed by atoms with Gasteiger partial charge in [0.1, 0.15) is 5.60 Å². The van der Waals surface area contributed by atoms with Crippen molar-refractivity contribution in [2.24, 2.45) is 0 Å². The molecule has 2 N–H and O–H groups in total. The Balaban J connectivity index is 1.88. The highest BCUT2D eigenvalue weighted by molar-refractivity contribution is 5.79. The summed E-state index contributed by atoms with van der Waals surface area (Å²) in [5.74, 6) is -0.715. The van der Waals surface area contributed by atoms with Gasteiger partial charge in [0.15, 0.2) is 6.17 Å². The van der Waals surface area contributed by atoms with Crippen molar-refractivity contribution in [3.05, 3.63) is 48.0 Å². The number of hydrogen-bond acceptors (Lipinski definition) is 3. The fourth-order valence-electron chi connectivity index (χ4n) is 3.51. The highest BCUT2D eigenvalue weighted by Crippen LogP contribution is 2.31. The summed E-state index contributed by atoms with van der Waals surface area (Å²) in [6, 6.07) is 8.40. The minimum atomic E-state index is -1.66. The van der Waals surface area contributed by atoms with E-state index in [1.54, 1.807) is 41.3 Å². The molecule has 1 amide bonds. The van der Waals surface area contributed by atoms with Crippen LogP contribution in [0.5, 0.6) is 0 Å². The molecule has 5 nitrogen and oxygen atoms in total. The molecule has 28 heavy (non-hydrogen) atoms. The molecule has 6 heteroatoms. The molecule has 1 unspecified atom stereocenters. The van der Waals surface area contributed by atoms with E-state index in [0.717, 1.165) is 19.3 Å². The Morgan fingerprint density at radius 2 is 1.96 bits per heavy atom. The number of hydrogen-bond donors (Lipinski definition) is 2. The van der Waals surface area contributed by atoms with Gasteiger partial charge in [-0.05, 0) is 31.7 Å². The van der Waals surface area contributed by atoms with Crippen LogP contribution in [0, 0.1) is 0 Å². The van der Waals surface area contributed by atoms with Gasteiger partial charge in [0.2, 0.25) is 5.91 Å². The van der Waals surface area contributed by atoms with Crippen molar-refractivity contribution in [2.45, 2.75) is 69.7 Å². The molecule has 1 aromatic rings. The van der Waals surface area contributed by atoms with Gasteiger partial charge in [0.25, 0.3) is 0 Å². The van der Waals surface area contributed by atoms with Gasteiger partial charge < -0.3 is 15.1 Å². The van der Waals surface area contributed by atoms with Crippen molar-refractivity contribution < 1.29 is 24.2 Å². The Morgan fingerprint density at radius 1 is 1.29 bits per heavy atom. The monoisotopic (exact) mass is 391 g/mol. The highest BCUT2D eigenvalue weighted by Gasteiger charge is 2.33. The third-order valence-corrected chi connectivity index (χ3v) is 5.18. The molecule has 0 bridgehead atoms. The Bertz CT molecular complexity index is 674. The summed E-state index contributed by atoms with van der Waals surface area (Å²) >= 11 is 0. The fourth-order valence-corrected chi connectivity index (χ4v) is 3.51. The molecular formula is C22H30FNO4. The van der Waals surface area contributed by atoms with E-state index in [9.17, 15) is 19.1 Å². The second kappa shape index (κ2) is 10.4. The van der Waals surface area contributed by atoms with Crippen LogP contribution < -0.4 is 0 Å². The standard InChI is InChI=1S/C22H30FNO4/c1-22(28,21(23)17-9-5-4-6-10-17)15-14-18-12-13-19(25)24(18)16-8-3-2-7-11-20(26)27/h4-6,9-10,14-15,18,21,28H,2-3,7-8,11-13,16H2,1H3,(H,26,27)/t18-,21?,22-/m1/s1. The first kappa shape index (κ1) is 22.1. The summed E-state index contributed by atoms with van der Waals surface area (Å²) in [6.45, 7) is 2.03. The van der Waals surface area contributed by atoms with E-state index in [1.165, 1.54) is 13.0 Å². The maximum Gasteiger partial charge on any atom is 0.303 e. The fraction of sp³-hybridized carbons (Fsp3) is 0.545. The molecule has 0 radical (unpaired) electrons. The molecule has 0 spiro atoms. The van der Waals surface area contributed by atoms with Crippen LogP contribution in [0.15, 0.2) is 42.5 Å². The number of nitrogens with zero attached hydrogens (tertiary/aromatic N) is 1. The van der Waals surface area contributed by atoms with E-state index >= 15 is 0 Å². The number of likely N-dealkylation sites (tertiary alicyclic amines) is 1. The molecule has 0 aliphatic carbocycles. The van der Waals surface area contributed by atoms with E-state index in [1.807, 2.05) is 0 Å². The van der Waals surface area contributed by atoms with Gasteiger partial charge >= 0.3 is 5.97 Å². The van der Waals surface area contributed by atoms with Crippen molar-refractivity contribution in [1.82, 2.24) is 4.90 Å². The van der Waals surface area contributed by atoms with E-state index in [4.69, 9.17) is 5.11 Å². The Kier molecular flexibility index (Phi) is 8.18. The summed E-state index contributed by atoms with van der Waals surface area (Å²) in [7, 11) is 0. The Hall–Kier alpha value is -2.21. The summed E-state index contributed by atoms with van der Waals surface area (Å²) < 4.78 is 14.7. The zero-order chi connectivity index (χ0) is 20.6. The summed E-state index contributed by atoms with van der Waals surface area (Å²) in [5, 5.41) is 19.2. The lowest BCUT2D eigenvalue weighted by Crippen LogP contribution is -2.34. The lowest BCUT2D eigenvalue weighted by molar-refractivity contribution is -0.137. The largest absolute Gasteiger partial charge is 0.481 e. The molecule has 0 saturated carbocycles. The second-order valence-electron chi connectivity index (χ2n) is 7.61. The third-order valence-electron chi connectivity index (χ3n) is 5.18. The number of rotatable bonds is 11. The van der Waals surface area contributed by atoms with E-state index in [0.29, 0.717) is 31.4 Å². The van der Waals surface area contributed by atoms with Gasteiger partial charge in [-0.1, -0.05) is 55.3 Å². The van der Waals surface area contributed by atoms with Crippen molar-refractivity contribution >= 4 is 11.9 Å². The van der Waals surface area contributed by atoms with Crippen molar-refractivity contribution in [3.63, 3.8) is 0 Å². The number of benzene rings is 1. The molecule has 1 aliphatic rings. The number of carboxylic acid groups (broad SMARTS) is 1. The van der Waals surface area contributed by atoms with Crippen LogP contribution in [0.25, 0.3) is 0 Å².